The van der Waals surface area contributed by atoms with Crippen LogP contribution in [0.3, 0.4) is 0 Å². The Morgan fingerprint density at radius 3 is 2.28 bits per heavy atom. The minimum Gasteiger partial charge on any atom is -0.355 e. The summed E-state index contributed by atoms with van der Waals surface area (Å²) in [5.41, 5.74) is 0.774. The Morgan fingerprint density at radius 1 is 1.10 bits per heavy atom. The zero-order valence-electron chi connectivity index (χ0n) is 15.5. The SMILES string of the molecule is O=C1C=CC(=O)N1C1CC2(CCN(Cc3ccc(OS(=O)(=O)F)c(F)c3)CC2)C1. The van der Waals surface area contributed by atoms with Crippen LogP contribution in [0.15, 0.2) is 30.4 Å². The molecule has 4 rings (SSSR count). The number of piperidine rings is 1. The summed E-state index contributed by atoms with van der Waals surface area (Å²) in [6, 6.07) is 3.72. The van der Waals surface area contributed by atoms with Crippen LogP contribution in [0.5, 0.6) is 5.75 Å². The van der Waals surface area contributed by atoms with E-state index in [1.165, 1.54) is 23.1 Å². The van der Waals surface area contributed by atoms with Crippen molar-refractivity contribution in [2.24, 2.45) is 5.41 Å². The van der Waals surface area contributed by atoms with Gasteiger partial charge >= 0.3 is 10.5 Å². The first-order chi connectivity index (χ1) is 13.6. The molecule has 2 amide bonds. The molecular formula is C19H20F2N2O5S. The Hall–Kier alpha value is -2.33. The van der Waals surface area contributed by atoms with Gasteiger partial charge in [0.15, 0.2) is 11.6 Å². The number of imide groups is 1. The number of likely N-dealkylation sites (tertiary alicyclic amines) is 1. The molecule has 1 saturated heterocycles. The first-order valence-corrected chi connectivity index (χ1v) is 10.7. The highest BCUT2D eigenvalue weighted by atomic mass is 32.3. The van der Waals surface area contributed by atoms with E-state index >= 15 is 0 Å². The second-order valence-electron chi connectivity index (χ2n) is 7.96. The molecule has 0 atom stereocenters. The summed E-state index contributed by atoms with van der Waals surface area (Å²) in [4.78, 5) is 27.1. The number of carbonyl (C=O) groups excluding carboxylic acids is 2. The lowest BCUT2D eigenvalue weighted by Crippen LogP contribution is -2.56. The molecule has 0 aromatic heterocycles. The average molecular weight is 426 g/mol. The number of carbonyl (C=O) groups is 2. The molecule has 2 heterocycles. The largest absolute Gasteiger partial charge is 0.488 e. The third kappa shape index (κ3) is 4.18. The van der Waals surface area contributed by atoms with Crippen molar-refractivity contribution in [2.45, 2.75) is 38.3 Å². The molecular weight excluding hydrogens is 406 g/mol. The molecule has 0 bridgehead atoms. The van der Waals surface area contributed by atoms with Crippen LogP contribution in [-0.2, 0) is 26.6 Å². The lowest BCUT2D eigenvalue weighted by molar-refractivity contribution is -0.146. The van der Waals surface area contributed by atoms with Gasteiger partial charge in [0.25, 0.3) is 11.8 Å². The second-order valence-corrected chi connectivity index (χ2v) is 8.91. The molecule has 1 spiro atoms. The molecule has 2 aliphatic heterocycles. The maximum atomic E-state index is 13.9. The van der Waals surface area contributed by atoms with Crippen LogP contribution in [0.1, 0.15) is 31.2 Å². The van der Waals surface area contributed by atoms with Gasteiger partial charge in [-0.05, 0) is 61.9 Å². The van der Waals surface area contributed by atoms with E-state index in [1.54, 1.807) is 0 Å². The molecule has 0 N–H and O–H groups in total. The number of halogens is 2. The molecule has 0 radical (unpaired) electrons. The topological polar surface area (TPSA) is 84.0 Å². The Labute approximate surface area is 167 Å². The number of hydrogen-bond donors (Lipinski definition) is 0. The van der Waals surface area contributed by atoms with Gasteiger partial charge in [-0.2, -0.15) is 8.42 Å². The molecule has 29 heavy (non-hydrogen) atoms. The summed E-state index contributed by atoms with van der Waals surface area (Å²) in [5, 5.41) is 0. The predicted octanol–water partition coefficient (Wildman–Crippen LogP) is 2.09. The minimum absolute atomic E-state index is 0.0232. The van der Waals surface area contributed by atoms with Gasteiger partial charge in [-0.15, -0.1) is 0 Å². The minimum atomic E-state index is -5.27. The first kappa shape index (κ1) is 20.0. The van der Waals surface area contributed by atoms with Crippen LogP contribution in [0, 0.1) is 11.2 Å². The van der Waals surface area contributed by atoms with Crippen molar-refractivity contribution in [3.05, 3.63) is 41.7 Å². The average Bonchev–Trinajstić information content (AvgIpc) is 2.94. The Balaban J connectivity index is 1.29. The third-order valence-electron chi connectivity index (χ3n) is 6.05. The molecule has 0 unspecified atom stereocenters. The van der Waals surface area contributed by atoms with E-state index in [1.807, 2.05) is 0 Å². The third-order valence-corrected chi connectivity index (χ3v) is 6.43. The lowest BCUT2D eigenvalue weighted by Gasteiger charge is -2.54. The number of hydrogen-bond acceptors (Lipinski definition) is 6. The van der Waals surface area contributed by atoms with E-state index in [4.69, 9.17) is 0 Å². The molecule has 3 aliphatic rings. The molecule has 1 aliphatic carbocycles. The van der Waals surface area contributed by atoms with Crippen LogP contribution < -0.4 is 4.18 Å². The van der Waals surface area contributed by atoms with E-state index in [2.05, 4.69) is 9.08 Å². The fourth-order valence-electron chi connectivity index (χ4n) is 4.56. The summed E-state index contributed by atoms with van der Waals surface area (Å²) in [6.45, 7) is 2.07. The van der Waals surface area contributed by atoms with Crippen molar-refractivity contribution < 1.29 is 30.5 Å². The van der Waals surface area contributed by atoms with Crippen molar-refractivity contribution >= 4 is 22.3 Å². The van der Waals surface area contributed by atoms with Crippen molar-refractivity contribution in [1.29, 1.82) is 0 Å². The summed E-state index contributed by atoms with van der Waals surface area (Å²) >= 11 is 0. The summed E-state index contributed by atoms with van der Waals surface area (Å²) in [5.74, 6) is -2.08. The summed E-state index contributed by atoms with van der Waals surface area (Å²) < 4.78 is 51.4. The smallest absolute Gasteiger partial charge is 0.355 e. The zero-order chi connectivity index (χ0) is 20.8. The van der Waals surface area contributed by atoms with Gasteiger partial charge in [0.2, 0.25) is 0 Å². The Kier molecular flexibility index (Phi) is 4.94. The maximum absolute atomic E-state index is 13.9. The van der Waals surface area contributed by atoms with Crippen LogP contribution in [0.25, 0.3) is 0 Å². The van der Waals surface area contributed by atoms with Gasteiger partial charge in [0.1, 0.15) is 0 Å². The van der Waals surface area contributed by atoms with Crippen molar-refractivity contribution in [3.8, 4) is 5.75 Å². The molecule has 156 valence electrons. The van der Waals surface area contributed by atoms with Gasteiger partial charge in [0.05, 0.1) is 0 Å². The Morgan fingerprint density at radius 2 is 1.72 bits per heavy atom. The number of amides is 2. The summed E-state index contributed by atoms with van der Waals surface area (Å²) in [7, 11) is -5.27. The van der Waals surface area contributed by atoms with Gasteiger partial charge in [-0.3, -0.25) is 19.4 Å². The molecule has 1 saturated carbocycles. The summed E-state index contributed by atoms with van der Waals surface area (Å²) in [6.07, 6.45) is 6.12. The fraction of sp³-hybridized carbons (Fsp3) is 0.474. The highest BCUT2D eigenvalue weighted by Gasteiger charge is 2.50. The van der Waals surface area contributed by atoms with Crippen LogP contribution in [0.4, 0.5) is 8.28 Å². The zero-order valence-corrected chi connectivity index (χ0v) is 16.3. The van der Waals surface area contributed by atoms with Crippen molar-refractivity contribution in [1.82, 2.24) is 9.80 Å². The first-order valence-electron chi connectivity index (χ1n) is 9.34. The highest BCUT2D eigenvalue weighted by Crippen LogP contribution is 2.51. The monoisotopic (exact) mass is 426 g/mol. The number of benzene rings is 1. The van der Waals surface area contributed by atoms with Crippen LogP contribution in [-0.4, -0.2) is 49.2 Å². The van der Waals surface area contributed by atoms with Gasteiger partial charge in [0, 0.05) is 24.7 Å². The standard InChI is InChI=1S/C19H20F2N2O5S/c20-15-9-13(1-2-16(15)28-29(21,26)27)12-22-7-5-19(6-8-22)10-14(11-19)23-17(24)3-4-18(23)25/h1-4,9,14H,5-8,10-12H2. The predicted molar refractivity (Wildman–Crippen MR) is 98.0 cm³/mol. The van der Waals surface area contributed by atoms with E-state index in [0.29, 0.717) is 12.1 Å². The van der Waals surface area contributed by atoms with Crippen LogP contribution >= 0.6 is 0 Å². The normalized spacial score (nSPS) is 22.3. The molecule has 7 nitrogen and oxygen atoms in total. The van der Waals surface area contributed by atoms with E-state index < -0.39 is 22.1 Å². The number of nitrogens with zero attached hydrogens (tertiary/aromatic N) is 2. The quantitative estimate of drug-likeness (QED) is 0.530. The van der Waals surface area contributed by atoms with E-state index in [0.717, 1.165) is 50.9 Å². The van der Waals surface area contributed by atoms with E-state index in [9.17, 15) is 26.3 Å². The Bertz CT molecular complexity index is 960. The fourth-order valence-corrected chi connectivity index (χ4v) is 4.91. The highest BCUT2D eigenvalue weighted by molar-refractivity contribution is 7.81. The second kappa shape index (κ2) is 7.17. The maximum Gasteiger partial charge on any atom is 0.488 e. The molecule has 1 aromatic carbocycles. The van der Waals surface area contributed by atoms with Gasteiger partial charge in [-0.25, -0.2) is 4.39 Å². The molecule has 10 heteroatoms. The van der Waals surface area contributed by atoms with E-state index in [-0.39, 0.29) is 23.3 Å². The molecule has 2 fully saturated rings. The lowest BCUT2D eigenvalue weighted by atomic mass is 9.60. The van der Waals surface area contributed by atoms with Crippen molar-refractivity contribution in [2.75, 3.05) is 13.1 Å². The van der Waals surface area contributed by atoms with Crippen molar-refractivity contribution in [3.63, 3.8) is 0 Å². The van der Waals surface area contributed by atoms with Gasteiger partial charge in [-0.1, -0.05) is 9.95 Å². The number of rotatable bonds is 5. The van der Waals surface area contributed by atoms with Crippen LogP contribution in [0.2, 0.25) is 0 Å². The molecule has 1 aromatic rings. The van der Waals surface area contributed by atoms with Gasteiger partial charge < -0.3 is 4.18 Å².